The standard InChI is InChI=1S/C18H22N4O2S.ClH/c1-12-20-17(24-21-12)11-25-16-5-3-2-4-15(16)18(23)22-13-6-7-14(22)10-19-9-8-13;/h2-5,13-14,19H,6-11H2,1H3;1H. The Bertz CT molecular complexity index is 755. The Hall–Kier alpha value is -1.57. The van der Waals surface area contributed by atoms with Crippen LogP contribution in [0.5, 0.6) is 0 Å². The highest BCUT2D eigenvalue weighted by atomic mass is 35.5. The van der Waals surface area contributed by atoms with Gasteiger partial charge in [0.1, 0.15) is 0 Å². The number of aromatic nitrogens is 2. The van der Waals surface area contributed by atoms with Gasteiger partial charge in [-0.1, -0.05) is 17.3 Å². The number of rotatable bonds is 4. The summed E-state index contributed by atoms with van der Waals surface area (Å²) in [5.41, 5.74) is 0.780. The number of nitrogens with one attached hydrogen (secondary N) is 1. The molecule has 26 heavy (non-hydrogen) atoms. The summed E-state index contributed by atoms with van der Waals surface area (Å²) in [5, 5.41) is 7.27. The van der Waals surface area contributed by atoms with Gasteiger partial charge in [-0.3, -0.25) is 4.79 Å². The normalized spacial score (nSPS) is 22.0. The monoisotopic (exact) mass is 394 g/mol. The molecule has 6 nitrogen and oxygen atoms in total. The SMILES string of the molecule is Cc1noc(CSc2ccccc2C(=O)N2C3CCNCC2CC3)n1.Cl. The maximum absolute atomic E-state index is 13.3. The Kier molecular flexibility index (Phi) is 6.21. The zero-order chi connectivity index (χ0) is 17.2. The molecule has 2 aromatic rings. The van der Waals surface area contributed by atoms with Crippen LogP contribution in [0.15, 0.2) is 33.7 Å². The van der Waals surface area contributed by atoms with Gasteiger partial charge in [-0.05, 0) is 44.9 Å². The van der Waals surface area contributed by atoms with Crippen LogP contribution >= 0.6 is 24.2 Å². The zero-order valence-electron chi connectivity index (χ0n) is 14.7. The summed E-state index contributed by atoms with van der Waals surface area (Å²) < 4.78 is 5.18. The molecule has 2 bridgehead atoms. The Morgan fingerprint density at radius 3 is 2.92 bits per heavy atom. The molecule has 2 saturated heterocycles. The minimum absolute atomic E-state index is 0. The fourth-order valence-corrected chi connectivity index (χ4v) is 4.64. The van der Waals surface area contributed by atoms with Crippen molar-refractivity contribution in [3.05, 3.63) is 41.5 Å². The smallest absolute Gasteiger partial charge is 0.255 e. The molecule has 4 rings (SSSR count). The van der Waals surface area contributed by atoms with Crippen molar-refractivity contribution in [2.45, 2.75) is 48.9 Å². The summed E-state index contributed by atoms with van der Waals surface area (Å²) >= 11 is 1.57. The predicted octanol–water partition coefficient (Wildman–Crippen LogP) is 3.06. The third-order valence-electron chi connectivity index (χ3n) is 4.93. The van der Waals surface area contributed by atoms with Crippen molar-refractivity contribution in [2.24, 2.45) is 0 Å². The van der Waals surface area contributed by atoms with Crippen molar-refractivity contribution in [1.29, 1.82) is 0 Å². The fraction of sp³-hybridized carbons (Fsp3) is 0.500. The van der Waals surface area contributed by atoms with E-state index >= 15 is 0 Å². The van der Waals surface area contributed by atoms with E-state index in [1.54, 1.807) is 18.7 Å². The number of thioether (sulfide) groups is 1. The van der Waals surface area contributed by atoms with Gasteiger partial charge in [-0.25, -0.2) is 0 Å². The van der Waals surface area contributed by atoms with E-state index in [1.165, 1.54) is 0 Å². The molecule has 1 aromatic carbocycles. The molecule has 1 amide bonds. The van der Waals surface area contributed by atoms with Crippen molar-refractivity contribution >= 4 is 30.1 Å². The third kappa shape index (κ3) is 3.89. The van der Waals surface area contributed by atoms with Crippen molar-refractivity contribution in [1.82, 2.24) is 20.4 Å². The Morgan fingerprint density at radius 1 is 1.31 bits per heavy atom. The summed E-state index contributed by atoms with van der Waals surface area (Å²) in [6.45, 7) is 3.70. The number of nitrogens with zero attached hydrogens (tertiary/aromatic N) is 3. The van der Waals surface area contributed by atoms with Crippen molar-refractivity contribution in [2.75, 3.05) is 13.1 Å². The van der Waals surface area contributed by atoms with E-state index in [9.17, 15) is 4.79 Å². The van der Waals surface area contributed by atoms with Crippen molar-refractivity contribution in [3.8, 4) is 0 Å². The molecule has 2 fully saturated rings. The molecule has 0 aliphatic carbocycles. The van der Waals surface area contributed by atoms with Gasteiger partial charge >= 0.3 is 0 Å². The fourth-order valence-electron chi connectivity index (χ4n) is 3.76. The summed E-state index contributed by atoms with van der Waals surface area (Å²) in [6.07, 6.45) is 3.26. The lowest BCUT2D eigenvalue weighted by Gasteiger charge is -2.28. The number of hydrogen-bond acceptors (Lipinski definition) is 6. The molecule has 2 atom stereocenters. The highest BCUT2D eigenvalue weighted by Crippen LogP contribution is 2.33. The first kappa shape index (κ1) is 19.2. The Balaban J connectivity index is 0.00000196. The molecule has 0 radical (unpaired) electrons. The van der Waals surface area contributed by atoms with Gasteiger partial charge in [-0.15, -0.1) is 24.2 Å². The second kappa shape index (κ2) is 8.41. The van der Waals surface area contributed by atoms with Crippen LogP contribution in [0.25, 0.3) is 0 Å². The third-order valence-corrected chi connectivity index (χ3v) is 5.99. The van der Waals surface area contributed by atoms with Crippen LogP contribution in [-0.2, 0) is 5.75 Å². The summed E-state index contributed by atoms with van der Waals surface area (Å²) in [4.78, 5) is 20.6. The number of fused-ring (bicyclic) bond motifs is 2. The maximum Gasteiger partial charge on any atom is 0.255 e. The van der Waals surface area contributed by atoms with Crippen LogP contribution in [0.4, 0.5) is 0 Å². The first-order valence-corrected chi connectivity index (χ1v) is 9.75. The maximum atomic E-state index is 13.3. The number of amides is 1. The van der Waals surface area contributed by atoms with Gasteiger partial charge < -0.3 is 14.7 Å². The lowest BCUT2D eigenvalue weighted by Crippen LogP contribution is -2.42. The van der Waals surface area contributed by atoms with Gasteiger partial charge in [0.05, 0.1) is 11.3 Å². The molecule has 0 saturated carbocycles. The van der Waals surface area contributed by atoms with Gasteiger partial charge in [0.25, 0.3) is 5.91 Å². The highest BCUT2D eigenvalue weighted by molar-refractivity contribution is 7.98. The minimum atomic E-state index is 0. The van der Waals surface area contributed by atoms with Crippen LogP contribution in [0.1, 0.15) is 41.3 Å². The average Bonchev–Trinajstić information content (AvgIpc) is 3.14. The predicted molar refractivity (Wildman–Crippen MR) is 103 cm³/mol. The molecular formula is C18H23ClN4O2S. The number of hydrogen-bond donors (Lipinski definition) is 1. The van der Waals surface area contributed by atoms with Crippen LogP contribution in [-0.4, -0.2) is 46.1 Å². The van der Waals surface area contributed by atoms with E-state index in [1.807, 2.05) is 24.3 Å². The van der Waals surface area contributed by atoms with E-state index in [4.69, 9.17) is 4.52 Å². The topological polar surface area (TPSA) is 71.3 Å². The number of carbonyl (C=O) groups excluding carboxylic acids is 1. The van der Waals surface area contributed by atoms with Crippen LogP contribution < -0.4 is 5.32 Å². The summed E-state index contributed by atoms with van der Waals surface area (Å²) in [5.74, 6) is 1.94. The molecule has 1 N–H and O–H groups in total. The van der Waals surface area contributed by atoms with Crippen LogP contribution in [0.3, 0.4) is 0 Å². The largest absolute Gasteiger partial charge is 0.338 e. The van der Waals surface area contributed by atoms with E-state index in [2.05, 4.69) is 20.4 Å². The lowest BCUT2D eigenvalue weighted by atomic mass is 10.1. The second-order valence-corrected chi connectivity index (χ2v) is 7.63. The van der Waals surface area contributed by atoms with Crippen molar-refractivity contribution in [3.63, 3.8) is 0 Å². The lowest BCUT2D eigenvalue weighted by molar-refractivity contribution is 0.0676. The van der Waals surface area contributed by atoms with E-state index < -0.39 is 0 Å². The van der Waals surface area contributed by atoms with Gasteiger partial charge in [0, 0.05) is 23.5 Å². The van der Waals surface area contributed by atoms with E-state index in [-0.39, 0.29) is 18.3 Å². The van der Waals surface area contributed by atoms with E-state index in [0.717, 1.165) is 42.8 Å². The molecule has 1 aromatic heterocycles. The number of carbonyl (C=O) groups is 1. The van der Waals surface area contributed by atoms with Gasteiger partial charge in [-0.2, -0.15) is 4.98 Å². The quantitative estimate of drug-likeness (QED) is 0.803. The first-order chi connectivity index (χ1) is 12.2. The number of benzene rings is 1. The van der Waals surface area contributed by atoms with E-state index in [0.29, 0.717) is 29.6 Å². The molecule has 2 aliphatic heterocycles. The Labute approximate surface area is 163 Å². The number of aryl methyl sites for hydroxylation is 1. The summed E-state index contributed by atoms with van der Waals surface area (Å²) in [6, 6.07) is 8.52. The van der Waals surface area contributed by atoms with Gasteiger partial charge in [0.15, 0.2) is 5.82 Å². The van der Waals surface area contributed by atoms with Crippen molar-refractivity contribution < 1.29 is 9.32 Å². The zero-order valence-corrected chi connectivity index (χ0v) is 16.3. The summed E-state index contributed by atoms with van der Waals surface area (Å²) in [7, 11) is 0. The number of halogens is 1. The molecule has 3 heterocycles. The molecule has 140 valence electrons. The average molecular weight is 395 g/mol. The highest BCUT2D eigenvalue weighted by Gasteiger charge is 2.38. The molecule has 2 unspecified atom stereocenters. The van der Waals surface area contributed by atoms with Crippen LogP contribution in [0, 0.1) is 6.92 Å². The van der Waals surface area contributed by atoms with Gasteiger partial charge in [0.2, 0.25) is 5.89 Å². The second-order valence-electron chi connectivity index (χ2n) is 6.61. The molecule has 8 heteroatoms. The Morgan fingerprint density at radius 2 is 2.12 bits per heavy atom. The van der Waals surface area contributed by atoms with Crippen LogP contribution in [0.2, 0.25) is 0 Å². The molecular weight excluding hydrogens is 372 g/mol. The minimum Gasteiger partial charge on any atom is -0.338 e. The molecule has 2 aliphatic rings. The molecule has 0 spiro atoms. The first-order valence-electron chi connectivity index (χ1n) is 8.77.